The number of nitrogens with zero attached hydrogens (tertiary/aromatic N) is 3. The molecule has 0 spiro atoms. The summed E-state index contributed by atoms with van der Waals surface area (Å²) in [6.07, 6.45) is 2.33. The zero-order valence-corrected chi connectivity index (χ0v) is 15.8. The van der Waals surface area contributed by atoms with Crippen LogP contribution in [0.2, 0.25) is 0 Å². The highest BCUT2D eigenvalue weighted by molar-refractivity contribution is 6.09. The molecule has 1 saturated heterocycles. The highest BCUT2D eigenvalue weighted by Crippen LogP contribution is 2.36. The highest BCUT2D eigenvalue weighted by atomic mass is 16.5. The van der Waals surface area contributed by atoms with Crippen LogP contribution < -0.4 is 0 Å². The van der Waals surface area contributed by atoms with Gasteiger partial charge in [-0.2, -0.15) is 5.26 Å². The molecule has 2 heterocycles. The lowest BCUT2D eigenvalue weighted by molar-refractivity contribution is -0.146. The predicted molar refractivity (Wildman–Crippen MR) is 97.1 cm³/mol. The van der Waals surface area contributed by atoms with Crippen molar-refractivity contribution in [1.82, 2.24) is 9.88 Å². The highest BCUT2D eigenvalue weighted by Gasteiger charge is 2.34. The van der Waals surface area contributed by atoms with Crippen molar-refractivity contribution in [2.24, 2.45) is 0 Å². The van der Waals surface area contributed by atoms with Gasteiger partial charge in [0.1, 0.15) is 17.7 Å². The lowest BCUT2D eigenvalue weighted by Crippen LogP contribution is -2.42. The lowest BCUT2D eigenvalue weighted by Gasteiger charge is -2.40. The van der Waals surface area contributed by atoms with Crippen LogP contribution in [0.25, 0.3) is 5.70 Å². The van der Waals surface area contributed by atoms with Crippen LogP contribution in [-0.4, -0.2) is 45.4 Å². The van der Waals surface area contributed by atoms with Crippen LogP contribution in [0.1, 0.15) is 56.5 Å². The van der Waals surface area contributed by atoms with Gasteiger partial charge in [-0.15, -0.1) is 0 Å². The van der Waals surface area contributed by atoms with Crippen LogP contribution in [0.4, 0.5) is 0 Å². The Bertz CT molecular complexity index is 856. The number of pyridine rings is 1. The number of rotatable bonds is 3. The smallest absolute Gasteiger partial charge is 0.303 e. The van der Waals surface area contributed by atoms with Crippen molar-refractivity contribution in [2.75, 3.05) is 13.1 Å². The van der Waals surface area contributed by atoms with Crippen molar-refractivity contribution in [3.63, 3.8) is 0 Å². The van der Waals surface area contributed by atoms with E-state index in [2.05, 4.69) is 11.1 Å². The molecule has 7 nitrogen and oxygen atoms in total. The first kappa shape index (κ1) is 19.1. The van der Waals surface area contributed by atoms with Gasteiger partial charge in [0.2, 0.25) is 0 Å². The van der Waals surface area contributed by atoms with Crippen molar-refractivity contribution in [3.05, 3.63) is 34.7 Å². The second kappa shape index (κ2) is 7.12. The van der Waals surface area contributed by atoms with E-state index in [1.807, 2.05) is 4.90 Å². The summed E-state index contributed by atoms with van der Waals surface area (Å²) in [4.78, 5) is 30.1. The molecular formula is C20H23N3O4. The van der Waals surface area contributed by atoms with Crippen molar-refractivity contribution < 1.29 is 19.4 Å². The third-order valence-electron chi connectivity index (χ3n) is 5.16. The van der Waals surface area contributed by atoms with Crippen molar-refractivity contribution in [2.45, 2.75) is 51.7 Å². The van der Waals surface area contributed by atoms with Crippen molar-refractivity contribution >= 4 is 17.4 Å². The number of ether oxygens (including phenoxy) is 1. The van der Waals surface area contributed by atoms with E-state index in [1.54, 1.807) is 26.1 Å². The number of likely N-dealkylation sites (tertiary alicyclic amines) is 1. The summed E-state index contributed by atoms with van der Waals surface area (Å²) in [5.41, 5.74) is 2.09. The maximum absolute atomic E-state index is 12.5. The number of hydrogen-bond acceptors (Lipinski definition) is 7. The topological polar surface area (TPSA) is 104 Å². The van der Waals surface area contributed by atoms with Gasteiger partial charge in [0, 0.05) is 38.2 Å². The Balaban J connectivity index is 2.04. The van der Waals surface area contributed by atoms with E-state index in [9.17, 15) is 20.0 Å². The number of esters is 1. The first-order valence-electron chi connectivity index (χ1n) is 9.03. The van der Waals surface area contributed by atoms with Gasteiger partial charge in [-0.05, 0) is 38.3 Å². The number of piperidine rings is 1. The number of carbonyl (C=O) groups is 2. The molecule has 1 aromatic heterocycles. The monoisotopic (exact) mass is 369 g/mol. The van der Waals surface area contributed by atoms with Crippen LogP contribution >= 0.6 is 0 Å². The van der Waals surface area contributed by atoms with Gasteiger partial charge < -0.3 is 14.7 Å². The Hall–Kier alpha value is -2.72. The molecule has 0 aromatic carbocycles. The number of aromatic nitrogens is 1. The number of fused-ring (bicyclic) bond motifs is 1. The molecule has 7 heteroatoms. The second-order valence-corrected chi connectivity index (χ2v) is 7.44. The summed E-state index contributed by atoms with van der Waals surface area (Å²) in [5.74, 6) is -0.621. The Morgan fingerprint density at radius 1 is 1.44 bits per heavy atom. The molecular weight excluding hydrogens is 346 g/mol. The van der Waals surface area contributed by atoms with E-state index in [4.69, 9.17) is 4.74 Å². The predicted octanol–water partition coefficient (Wildman–Crippen LogP) is 1.91. The Kier molecular flexibility index (Phi) is 5.03. The fraction of sp³-hybridized carbons (Fsp3) is 0.500. The molecule has 0 radical (unpaired) electrons. The summed E-state index contributed by atoms with van der Waals surface area (Å²) in [6.45, 7) is 5.98. The minimum Gasteiger partial charge on any atom is -0.456 e. The molecule has 0 amide bonds. The van der Waals surface area contributed by atoms with Crippen LogP contribution in [0.3, 0.4) is 0 Å². The van der Waals surface area contributed by atoms with Crippen LogP contribution in [0.5, 0.6) is 0 Å². The van der Waals surface area contributed by atoms with Crippen molar-refractivity contribution in [3.8, 4) is 6.07 Å². The summed E-state index contributed by atoms with van der Waals surface area (Å²) in [5, 5.41) is 19.8. The quantitative estimate of drug-likeness (QED) is 0.812. The molecule has 0 bridgehead atoms. The number of hydrogen-bond donors (Lipinski definition) is 1. The molecule has 1 fully saturated rings. The fourth-order valence-electron chi connectivity index (χ4n) is 3.58. The number of allylic oxidation sites excluding steroid dienone is 1. The zero-order chi connectivity index (χ0) is 19.8. The summed E-state index contributed by atoms with van der Waals surface area (Å²) in [7, 11) is 0. The third-order valence-corrected chi connectivity index (χ3v) is 5.16. The van der Waals surface area contributed by atoms with Gasteiger partial charge in [-0.25, -0.2) is 0 Å². The molecule has 1 unspecified atom stereocenters. The number of carbonyl (C=O) groups excluding carboxylic acids is 2. The molecule has 1 atom stereocenters. The number of ketones is 1. The van der Waals surface area contributed by atoms with E-state index in [-0.39, 0.29) is 17.8 Å². The molecule has 3 rings (SSSR count). The average Bonchev–Trinajstić information content (AvgIpc) is 2.60. The first-order chi connectivity index (χ1) is 12.7. The normalized spacial score (nSPS) is 20.0. The second-order valence-electron chi connectivity index (χ2n) is 7.44. The van der Waals surface area contributed by atoms with Gasteiger partial charge in [0.05, 0.1) is 17.0 Å². The van der Waals surface area contributed by atoms with Crippen LogP contribution in [-0.2, 0) is 20.7 Å². The molecule has 1 aliphatic carbocycles. The first-order valence-corrected chi connectivity index (χ1v) is 9.03. The van der Waals surface area contributed by atoms with Crippen LogP contribution in [0, 0.1) is 11.3 Å². The third kappa shape index (κ3) is 3.86. The number of Topliss-reactive ketones (excluding diaryl/α,β-unsaturated/α-hetero) is 1. The average molecular weight is 369 g/mol. The summed E-state index contributed by atoms with van der Waals surface area (Å²) >= 11 is 0. The minimum atomic E-state index is -0.737. The molecule has 0 saturated carbocycles. The summed E-state index contributed by atoms with van der Waals surface area (Å²) < 4.78 is 5.21. The van der Waals surface area contributed by atoms with E-state index < -0.39 is 17.7 Å². The summed E-state index contributed by atoms with van der Waals surface area (Å²) in [6, 6.07) is 3.86. The lowest BCUT2D eigenvalue weighted by atomic mass is 9.86. The van der Waals surface area contributed by atoms with Crippen molar-refractivity contribution in [1.29, 1.82) is 5.26 Å². The maximum atomic E-state index is 12.5. The van der Waals surface area contributed by atoms with E-state index in [0.29, 0.717) is 37.3 Å². The van der Waals surface area contributed by atoms with Gasteiger partial charge in [0.15, 0.2) is 5.78 Å². The standard InChI is InChI=1S/C20H23N3O4/c1-12(27-13(2)24)17-9-15-14(11-22-17)8-18(25)16(10-21)19(15)23-6-4-20(3,26)5-7-23/h9,11-12,26H,4-8H2,1-3H3. The fourth-order valence-corrected chi connectivity index (χ4v) is 3.58. The van der Waals surface area contributed by atoms with Gasteiger partial charge in [-0.1, -0.05) is 0 Å². The minimum absolute atomic E-state index is 0.127. The Morgan fingerprint density at radius 2 is 2.11 bits per heavy atom. The molecule has 142 valence electrons. The number of nitriles is 1. The zero-order valence-electron chi connectivity index (χ0n) is 15.8. The maximum Gasteiger partial charge on any atom is 0.303 e. The Labute approximate surface area is 158 Å². The molecule has 27 heavy (non-hydrogen) atoms. The number of aliphatic hydroxyl groups is 1. The van der Waals surface area contributed by atoms with Gasteiger partial charge in [0.25, 0.3) is 0 Å². The van der Waals surface area contributed by atoms with E-state index in [1.165, 1.54) is 6.92 Å². The van der Waals surface area contributed by atoms with Gasteiger partial charge in [-0.3, -0.25) is 14.6 Å². The molecule has 1 N–H and O–H groups in total. The molecule has 1 aromatic rings. The molecule has 2 aliphatic rings. The van der Waals surface area contributed by atoms with E-state index >= 15 is 0 Å². The van der Waals surface area contributed by atoms with E-state index in [0.717, 1.165) is 11.1 Å². The largest absolute Gasteiger partial charge is 0.456 e. The van der Waals surface area contributed by atoms with Gasteiger partial charge >= 0.3 is 5.97 Å². The SMILES string of the molecule is CC(=O)OC(C)c1cc2c(cn1)CC(=O)C(C#N)=C2N1CCC(C)(O)CC1. The van der Waals surface area contributed by atoms with Crippen LogP contribution in [0.15, 0.2) is 17.8 Å². The molecule has 1 aliphatic heterocycles. The Morgan fingerprint density at radius 3 is 2.70 bits per heavy atom.